The Hall–Kier alpha value is -3.16. The van der Waals surface area contributed by atoms with E-state index in [1.807, 2.05) is 6.92 Å². The lowest BCUT2D eigenvalue weighted by atomic mass is 10.1. The van der Waals surface area contributed by atoms with E-state index in [4.69, 9.17) is 4.74 Å². The molecule has 134 valence electrons. The first-order valence-corrected chi connectivity index (χ1v) is 8.39. The third-order valence-corrected chi connectivity index (χ3v) is 4.28. The van der Waals surface area contributed by atoms with E-state index in [0.717, 1.165) is 5.56 Å². The minimum atomic E-state index is -0.336. The largest absolute Gasteiger partial charge is 0.491 e. The third-order valence-electron chi connectivity index (χ3n) is 4.28. The molecular weight excluding hydrogens is 337 g/mol. The summed E-state index contributed by atoms with van der Waals surface area (Å²) in [5, 5.41) is 10.3. The second kappa shape index (κ2) is 6.62. The Labute approximate surface area is 149 Å². The molecule has 2 bridgehead atoms. The van der Waals surface area contributed by atoms with Gasteiger partial charge in [-0.25, -0.2) is 13.9 Å². The quantitative estimate of drug-likeness (QED) is 0.645. The van der Waals surface area contributed by atoms with Crippen molar-refractivity contribution >= 4 is 17.4 Å². The Kier molecular flexibility index (Phi) is 4.16. The molecule has 0 saturated heterocycles. The highest BCUT2D eigenvalue weighted by Gasteiger charge is 2.16. The molecule has 0 saturated carbocycles. The molecule has 0 radical (unpaired) electrons. The fourth-order valence-electron chi connectivity index (χ4n) is 3.00. The predicted octanol–water partition coefficient (Wildman–Crippen LogP) is 2.09. The first kappa shape index (κ1) is 16.3. The fourth-order valence-corrected chi connectivity index (χ4v) is 3.00. The van der Waals surface area contributed by atoms with Gasteiger partial charge in [-0.15, -0.1) is 0 Å². The van der Waals surface area contributed by atoms with Gasteiger partial charge in [0.1, 0.15) is 24.0 Å². The molecule has 1 aliphatic heterocycles. The van der Waals surface area contributed by atoms with Gasteiger partial charge in [0.25, 0.3) is 0 Å². The summed E-state index contributed by atoms with van der Waals surface area (Å²) < 4.78 is 21.1. The zero-order chi connectivity index (χ0) is 18.1. The number of halogens is 1. The average molecular weight is 355 g/mol. The first-order valence-electron chi connectivity index (χ1n) is 8.39. The van der Waals surface area contributed by atoms with Crippen molar-refractivity contribution < 1.29 is 13.9 Å². The van der Waals surface area contributed by atoms with Crippen LogP contribution in [0.4, 0.5) is 10.2 Å². The maximum Gasteiger partial charge on any atom is 0.224 e. The van der Waals surface area contributed by atoms with Crippen molar-refractivity contribution in [1.82, 2.24) is 19.9 Å². The van der Waals surface area contributed by atoms with Crippen molar-refractivity contribution in [2.24, 2.45) is 0 Å². The normalized spacial score (nSPS) is 17.8. The lowest BCUT2D eigenvalue weighted by molar-refractivity contribution is -0.120. The van der Waals surface area contributed by atoms with Gasteiger partial charge in [0, 0.05) is 17.3 Å². The highest BCUT2D eigenvalue weighted by molar-refractivity contribution is 5.80. The SMILES string of the molecule is C[C@H]1Nc2ccn3ncc(c3n2)CC(=O)NCCOc2ccc(F)cc21. The van der Waals surface area contributed by atoms with Crippen LogP contribution < -0.4 is 15.4 Å². The fraction of sp³-hybridized carbons (Fsp3) is 0.278. The van der Waals surface area contributed by atoms with E-state index in [0.29, 0.717) is 35.9 Å². The van der Waals surface area contributed by atoms with Crippen LogP contribution in [0.15, 0.2) is 36.7 Å². The molecule has 1 atom stereocenters. The Morgan fingerprint density at radius 3 is 3.12 bits per heavy atom. The minimum Gasteiger partial charge on any atom is -0.491 e. The van der Waals surface area contributed by atoms with Crippen LogP contribution in [0, 0.1) is 5.82 Å². The number of hydrogen-bond donors (Lipinski definition) is 2. The van der Waals surface area contributed by atoms with Gasteiger partial charge in [0.15, 0.2) is 5.65 Å². The third kappa shape index (κ3) is 3.17. The number of hydrogen-bond acceptors (Lipinski definition) is 5. The summed E-state index contributed by atoms with van der Waals surface area (Å²) in [4.78, 5) is 16.7. The number of benzene rings is 1. The van der Waals surface area contributed by atoms with Gasteiger partial charge in [-0.05, 0) is 31.2 Å². The van der Waals surface area contributed by atoms with E-state index < -0.39 is 0 Å². The van der Waals surface area contributed by atoms with E-state index in [2.05, 4.69) is 20.7 Å². The van der Waals surface area contributed by atoms with Gasteiger partial charge in [0.05, 0.1) is 25.2 Å². The van der Waals surface area contributed by atoms with Crippen LogP contribution in [0.1, 0.15) is 24.1 Å². The average Bonchev–Trinajstić information content (AvgIpc) is 3.01. The molecule has 2 aromatic heterocycles. The van der Waals surface area contributed by atoms with Crippen molar-refractivity contribution in [2.75, 3.05) is 18.5 Å². The molecule has 3 heterocycles. The van der Waals surface area contributed by atoms with E-state index in [-0.39, 0.29) is 24.2 Å². The molecule has 2 N–H and O–H groups in total. The van der Waals surface area contributed by atoms with E-state index in [1.165, 1.54) is 12.1 Å². The number of fused-ring (bicyclic) bond motifs is 2. The van der Waals surface area contributed by atoms with Gasteiger partial charge >= 0.3 is 0 Å². The topological polar surface area (TPSA) is 80.5 Å². The van der Waals surface area contributed by atoms with Crippen LogP contribution in [0.3, 0.4) is 0 Å². The van der Waals surface area contributed by atoms with Gasteiger partial charge in [-0.2, -0.15) is 5.10 Å². The van der Waals surface area contributed by atoms with Crippen LogP contribution in [-0.2, 0) is 11.2 Å². The maximum absolute atomic E-state index is 13.7. The summed E-state index contributed by atoms with van der Waals surface area (Å²) in [6.07, 6.45) is 3.60. The highest BCUT2D eigenvalue weighted by atomic mass is 19.1. The standard InChI is InChI=1S/C18H18FN5O2/c1-11-14-9-13(19)2-3-15(14)26-7-5-20-17(25)8-12-10-21-24-6-4-16(22-11)23-18(12)24/h2-4,6,9-11H,5,7-8H2,1H3,(H,20,25)(H,22,23)/t11-/m1/s1. The molecule has 26 heavy (non-hydrogen) atoms. The summed E-state index contributed by atoms with van der Waals surface area (Å²) in [5.41, 5.74) is 2.04. The Morgan fingerprint density at radius 1 is 1.35 bits per heavy atom. The highest BCUT2D eigenvalue weighted by Crippen LogP contribution is 2.28. The summed E-state index contributed by atoms with van der Waals surface area (Å²) in [6, 6.07) is 5.96. The van der Waals surface area contributed by atoms with Gasteiger partial charge < -0.3 is 15.4 Å². The smallest absolute Gasteiger partial charge is 0.224 e. The van der Waals surface area contributed by atoms with Crippen molar-refractivity contribution in [3.63, 3.8) is 0 Å². The molecule has 7 nitrogen and oxygen atoms in total. The van der Waals surface area contributed by atoms with Gasteiger partial charge in [-0.3, -0.25) is 4.79 Å². The number of anilines is 1. The summed E-state index contributed by atoms with van der Waals surface area (Å²) >= 11 is 0. The number of carbonyl (C=O) groups excluding carboxylic acids is 1. The van der Waals surface area contributed by atoms with E-state index >= 15 is 0 Å². The first-order chi connectivity index (χ1) is 12.6. The van der Waals surface area contributed by atoms with Gasteiger partial charge in [0.2, 0.25) is 5.91 Å². The molecule has 4 rings (SSSR count). The Morgan fingerprint density at radius 2 is 2.23 bits per heavy atom. The number of amides is 1. The zero-order valence-electron chi connectivity index (χ0n) is 14.2. The molecule has 0 fully saturated rings. The number of ether oxygens (including phenoxy) is 1. The van der Waals surface area contributed by atoms with Crippen molar-refractivity contribution in [3.8, 4) is 5.75 Å². The molecule has 8 heteroatoms. The summed E-state index contributed by atoms with van der Waals surface area (Å²) in [6.45, 7) is 2.57. The van der Waals surface area contributed by atoms with E-state index in [1.54, 1.807) is 29.0 Å². The minimum absolute atomic E-state index is 0.131. The van der Waals surface area contributed by atoms with E-state index in [9.17, 15) is 9.18 Å². The molecule has 0 spiro atoms. The lowest BCUT2D eigenvalue weighted by Crippen LogP contribution is -2.29. The molecule has 1 amide bonds. The monoisotopic (exact) mass is 355 g/mol. The summed E-state index contributed by atoms with van der Waals surface area (Å²) in [7, 11) is 0. The number of aromatic nitrogens is 3. The molecule has 0 unspecified atom stereocenters. The zero-order valence-corrected chi connectivity index (χ0v) is 14.2. The number of nitrogens with zero attached hydrogens (tertiary/aromatic N) is 3. The molecule has 1 aliphatic rings. The maximum atomic E-state index is 13.7. The van der Waals surface area contributed by atoms with Crippen LogP contribution in [0.25, 0.3) is 5.65 Å². The molecular formula is C18H18FN5O2. The van der Waals surface area contributed by atoms with Crippen molar-refractivity contribution in [1.29, 1.82) is 0 Å². The molecule has 0 aliphatic carbocycles. The van der Waals surface area contributed by atoms with Crippen LogP contribution in [-0.4, -0.2) is 33.7 Å². The lowest BCUT2D eigenvalue weighted by Gasteiger charge is -2.19. The summed E-state index contributed by atoms with van der Waals surface area (Å²) in [5.74, 6) is 0.716. The van der Waals surface area contributed by atoms with Crippen molar-refractivity contribution in [3.05, 3.63) is 53.6 Å². The van der Waals surface area contributed by atoms with Crippen LogP contribution in [0.5, 0.6) is 5.75 Å². The van der Waals surface area contributed by atoms with Crippen LogP contribution in [0.2, 0.25) is 0 Å². The van der Waals surface area contributed by atoms with Gasteiger partial charge in [-0.1, -0.05) is 0 Å². The number of carbonyl (C=O) groups is 1. The van der Waals surface area contributed by atoms with Crippen LogP contribution >= 0.6 is 0 Å². The number of nitrogens with one attached hydrogen (secondary N) is 2. The molecule has 1 aromatic carbocycles. The Bertz CT molecular complexity index is 971. The molecule has 3 aromatic rings. The van der Waals surface area contributed by atoms with Crippen molar-refractivity contribution in [2.45, 2.75) is 19.4 Å². The predicted molar refractivity (Wildman–Crippen MR) is 93.6 cm³/mol. The second-order valence-electron chi connectivity index (χ2n) is 6.17. The Balaban J connectivity index is 1.76. The number of rotatable bonds is 0. The second-order valence-corrected chi connectivity index (χ2v) is 6.17.